The van der Waals surface area contributed by atoms with Crippen molar-refractivity contribution in [1.29, 1.82) is 0 Å². The Kier molecular flexibility index (Phi) is 4.07. The summed E-state index contributed by atoms with van der Waals surface area (Å²) in [7, 11) is -3.71. The van der Waals surface area contributed by atoms with Gasteiger partial charge in [0, 0.05) is 12.2 Å². The lowest BCUT2D eigenvalue weighted by Crippen LogP contribution is -2.32. The fourth-order valence-corrected chi connectivity index (χ4v) is 6.05. The number of benzene rings is 2. The van der Waals surface area contributed by atoms with Crippen LogP contribution in [-0.2, 0) is 21.2 Å². The largest absolute Gasteiger partial charge is 0.311 e. The van der Waals surface area contributed by atoms with Crippen molar-refractivity contribution in [3.05, 3.63) is 52.1 Å². The van der Waals surface area contributed by atoms with Gasteiger partial charge in [-0.3, -0.25) is 9.52 Å². The molecule has 0 saturated heterocycles. The van der Waals surface area contributed by atoms with E-state index in [0.717, 1.165) is 52.9 Å². The molecule has 0 saturated carbocycles. The van der Waals surface area contributed by atoms with Crippen molar-refractivity contribution < 1.29 is 13.2 Å². The van der Waals surface area contributed by atoms with Crippen molar-refractivity contribution in [2.24, 2.45) is 0 Å². The summed E-state index contributed by atoms with van der Waals surface area (Å²) in [4.78, 5) is 14.7. The minimum absolute atomic E-state index is 0.108. The Morgan fingerprint density at radius 3 is 2.41 bits per heavy atom. The number of amides is 1. The highest BCUT2D eigenvalue weighted by Gasteiger charge is 2.38. The van der Waals surface area contributed by atoms with Crippen LogP contribution < -0.4 is 9.62 Å². The number of sulfonamides is 1. The Morgan fingerprint density at radius 1 is 1.07 bits per heavy atom. The van der Waals surface area contributed by atoms with Gasteiger partial charge in [0.15, 0.2) is 0 Å². The average molecular weight is 385 g/mol. The second kappa shape index (κ2) is 6.09. The van der Waals surface area contributed by atoms with Gasteiger partial charge in [-0.15, -0.1) is 0 Å². The summed E-state index contributed by atoms with van der Waals surface area (Å²) in [6.45, 7) is 8.23. The van der Waals surface area contributed by atoms with Crippen molar-refractivity contribution in [2.45, 2.75) is 51.3 Å². The average Bonchev–Trinajstić information content (AvgIpc) is 2.80. The van der Waals surface area contributed by atoms with E-state index in [0.29, 0.717) is 10.6 Å². The lowest BCUT2D eigenvalue weighted by Gasteiger charge is -2.26. The zero-order valence-corrected chi connectivity index (χ0v) is 16.9. The molecule has 0 radical (unpaired) electrons. The summed E-state index contributed by atoms with van der Waals surface area (Å²) in [5, 5.41) is 0. The van der Waals surface area contributed by atoms with Gasteiger partial charge in [0.05, 0.1) is 16.5 Å². The summed E-state index contributed by atoms with van der Waals surface area (Å²) in [5.41, 5.74) is 6.00. The first-order valence-electron chi connectivity index (χ1n) is 9.28. The first kappa shape index (κ1) is 18.0. The van der Waals surface area contributed by atoms with Gasteiger partial charge in [-0.05, 0) is 74.9 Å². The Labute approximate surface area is 160 Å². The molecule has 6 heteroatoms. The number of carbonyl (C=O) groups is 1. The van der Waals surface area contributed by atoms with Gasteiger partial charge in [0.2, 0.25) is 5.91 Å². The molecule has 27 heavy (non-hydrogen) atoms. The molecule has 4 rings (SSSR count). The number of aryl methyl sites for hydroxylation is 4. The molecule has 5 nitrogen and oxygen atoms in total. The highest BCUT2D eigenvalue weighted by molar-refractivity contribution is 7.92. The zero-order chi connectivity index (χ0) is 19.5. The van der Waals surface area contributed by atoms with Crippen LogP contribution in [-0.4, -0.2) is 20.9 Å². The number of carbonyl (C=O) groups excluding carboxylic acids is 1. The fourth-order valence-electron chi connectivity index (χ4n) is 4.55. The first-order chi connectivity index (χ1) is 12.7. The lowest BCUT2D eigenvalue weighted by atomic mass is 9.96. The molecule has 2 aromatic rings. The van der Waals surface area contributed by atoms with Crippen LogP contribution in [0.15, 0.2) is 29.2 Å². The van der Waals surface area contributed by atoms with Crippen LogP contribution >= 0.6 is 0 Å². The van der Waals surface area contributed by atoms with E-state index >= 15 is 0 Å². The lowest BCUT2D eigenvalue weighted by molar-refractivity contribution is -0.119. The summed E-state index contributed by atoms with van der Waals surface area (Å²) in [5.74, 6) is -0.125. The Morgan fingerprint density at radius 2 is 1.74 bits per heavy atom. The normalized spacial score (nSPS) is 18.6. The van der Waals surface area contributed by atoms with E-state index in [9.17, 15) is 13.2 Å². The number of anilines is 2. The van der Waals surface area contributed by atoms with E-state index in [1.54, 1.807) is 0 Å². The Hall–Kier alpha value is -2.34. The highest BCUT2D eigenvalue weighted by Crippen LogP contribution is 2.44. The molecule has 0 unspecified atom stereocenters. The quantitative estimate of drug-likeness (QED) is 0.875. The van der Waals surface area contributed by atoms with Crippen molar-refractivity contribution >= 4 is 27.3 Å². The molecule has 0 aliphatic carbocycles. The van der Waals surface area contributed by atoms with Crippen molar-refractivity contribution in [3.8, 4) is 0 Å². The van der Waals surface area contributed by atoms with E-state index in [4.69, 9.17) is 0 Å². The molecule has 2 heterocycles. The second-order valence-corrected chi connectivity index (χ2v) is 9.34. The van der Waals surface area contributed by atoms with Crippen molar-refractivity contribution in [3.63, 3.8) is 0 Å². The standard InChI is InChI=1S/C21H24N2O3S/c1-12-8-13(2)20(14(3)9-12)27(25,26)22-17-10-16-6-5-7-23-19(16)18(11-17)15(4)21(23)24/h8-11,15,22H,5-7H2,1-4H3/t15-/m1/s1. The van der Waals surface area contributed by atoms with Gasteiger partial charge in [-0.1, -0.05) is 17.7 Å². The molecule has 1 amide bonds. The SMILES string of the molecule is Cc1cc(C)c(S(=O)(=O)Nc2cc3c4c(c2)[C@@H](C)C(=O)N4CCC3)c(C)c1. The van der Waals surface area contributed by atoms with Crippen LogP contribution in [0.25, 0.3) is 0 Å². The molecular weight excluding hydrogens is 360 g/mol. The van der Waals surface area contributed by atoms with Gasteiger partial charge in [-0.2, -0.15) is 0 Å². The predicted octanol–water partition coefficient (Wildman–Crippen LogP) is 3.81. The molecule has 0 bridgehead atoms. The van der Waals surface area contributed by atoms with Crippen LogP contribution in [0.5, 0.6) is 0 Å². The third-order valence-corrected chi connectivity index (χ3v) is 7.23. The molecule has 1 atom stereocenters. The van der Waals surface area contributed by atoms with Crippen molar-refractivity contribution in [1.82, 2.24) is 0 Å². The highest BCUT2D eigenvalue weighted by atomic mass is 32.2. The molecule has 2 aliphatic heterocycles. The number of hydrogen-bond acceptors (Lipinski definition) is 3. The molecule has 142 valence electrons. The minimum atomic E-state index is -3.71. The van der Waals surface area contributed by atoms with Gasteiger partial charge in [-0.25, -0.2) is 8.42 Å². The monoisotopic (exact) mass is 384 g/mol. The van der Waals surface area contributed by atoms with Crippen LogP contribution in [0.2, 0.25) is 0 Å². The fraction of sp³-hybridized carbons (Fsp3) is 0.381. The molecule has 2 aromatic carbocycles. The van der Waals surface area contributed by atoms with E-state index in [2.05, 4.69) is 4.72 Å². The molecule has 0 fully saturated rings. The smallest absolute Gasteiger partial charge is 0.262 e. The third kappa shape index (κ3) is 2.83. The number of rotatable bonds is 3. The molecule has 0 spiro atoms. The van der Waals surface area contributed by atoms with E-state index in [-0.39, 0.29) is 11.8 Å². The maximum atomic E-state index is 13.1. The Bertz CT molecular complexity index is 1050. The third-order valence-electron chi connectivity index (χ3n) is 5.54. The minimum Gasteiger partial charge on any atom is -0.311 e. The van der Waals surface area contributed by atoms with Crippen molar-refractivity contribution in [2.75, 3.05) is 16.2 Å². The van der Waals surface area contributed by atoms with Gasteiger partial charge in [0.25, 0.3) is 10.0 Å². The zero-order valence-electron chi connectivity index (χ0n) is 16.1. The van der Waals surface area contributed by atoms with Crippen LogP contribution in [0, 0.1) is 20.8 Å². The molecular formula is C21H24N2O3S. The van der Waals surface area contributed by atoms with Crippen LogP contribution in [0.3, 0.4) is 0 Å². The second-order valence-electron chi connectivity index (χ2n) is 7.72. The Balaban J connectivity index is 1.78. The summed E-state index contributed by atoms with van der Waals surface area (Å²) in [6.07, 6.45) is 1.76. The maximum absolute atomic E-state index is 13.1. The summed E-state index contributed by atoms with van der Waals surface area (Å²) < 4.78 is 28.9. The molecule has 1 N–H and O–H groups in total. The molecule has 0 aromatic heterocycles. The van der Waals surface area contributed by atoms with Crippen LogP contribution in [0.1, 0.15) is 47.1 Å². The summed E-state index contributed by atoms with van der Waals surface area (Å²) in [6, 6.07) is 7.47. The number of hydrogen-bond donors (Lipinski definition) is 1. The topological polar surface area (TPSA) is 66.5 Å². The van der Waals surface area contributed by atoms with Gasteiger partial charge in [0.1, 0.15) is 0 Å². The maximum Gasteiger partial charge on any atom is 0.262 e. The van der Waals surface area contributed by atoms with Gasteiger partial charge < -0.3 is 4.90 Å². The number of nitrogens with zero attached hydrogens (tertiary/aromatic N) is 1. The molecule has 2 aliphatic rings. The van der Waals surface area contributed by atoms with E-state index in [1.165, 1.54) is 0 Å². The first-order valence-corrected chi connectivity index (χ1v) is 10.8. The summed E-state index contributed by atoms with van der Waals surface area (Å²) >= 11 is 0. The van der Waals surface area contributed by atoms with Gasteiger partial charge >= 0.3 is 0 Å². The van der Waals surface area contributed by atoms with E-state index < -0.39 is 10.0 Å². The predicted molar refractivity (Wildman–Crippen MR) is 107 cm³/mol. The van der Waals surface area contributed by atoms with Crippen LogP contribution in [0.4, 0.5) is 11.4 Å². The van der Waals surface area contributed by atoms with E-state index in [1.807, 2.05) is 56.9 Å². The number of nitrogens with one attached hydrogen (secondary N) is 1.